The smallest absolute Gasteiger partial charge is 0.127 e. The van der Waals surface area contributed by atoms with Gasteiger partial charge in [0.05, 0.1) is 0 Å². The monoisotopic (exact) mass is 404 g/mol. The zero-order chi connectivity index (χ0) is 18.6. The molecule has 4 rings (SSSR count). The second kappa shape index (κ2) is 8.76. The van der Waals surface area contributed by atoms with Crippen molar-refractivity contribution in [1.29, 1.82) is 0 Å². The van der Waals surface area contributed by atoms with Gasteiger partial charge in [-0.25, -0.2) is 0 Å². The highest BCUT2D eigenvalue weighted by Crippen LogP contribution is 2.29. The van der Waals surface area contributed by atoms with Crippen LogP contribution in [0.4, 0.5) is 0 Å². The lowest BCUT2D eigenvalue weighted by Crippen LogP contribution is -2.53. The van der Waals surface area contributed by atoms with E-state index in [9.17, 15) is 5.11 Å². The van der Waals surface area contributed by atoms with Gasteiger partial charge in [-0.3, -0.25) is 9.80 Å². The van der Waals surface area contributed by atoms with Crippen LogP contribution in [0.1, 0.15) is 17.5 Å². The van der Waals surface area contributed by atoms with Crippen LogP contribution in [0.2, 0.25) is 5.02 Å². The summed E-state index contributed by atoms with van der Waals surface area (Å²) >= 11 is 7.87. The van der Waals surface area contributed by atoms with Crippen molar-refractivity contribution < 1.29 is 9.84 Å². The largest absolute Gasteiger partial charge is 0.489 e. The third-order valence-corrected chi connectivity index (χ3v) is 6.26. The van der Waals surface area contributed by atoms with Gasteiger partial charge in [-0.1, -0.05) is 11.6 Å². The van der Waals surface area contributed by atoms with Crippen molar-refractivity contribution >= 4 is 29.0 Å². The van der Waals surface area contributed by atoms with Crippen LogP contribution < -0.4 is 4.74 Å². The molecule has 144 valence electrons. The summed E-state index contributed by atoms with van der Waals surface area (Å²) in [7, 11) is 0. The number of aliphatic hydroxyl groups excluding tert-OH is 1. The van der Waals surface area contributed by atoms with E-state index in [1.807, 2.05) is 18.2 Å². The normalized spacial score (nSPS) is 20.8. The number of ether oxygens (including phenoxy) is 1. The highest BCUT2D eigenvalue weighted by atomic mass is 35.5. The Bertz CT molecular complexity index is 793. The predicted octanol–water partition coefficient (Wildman–Crippen LogP) is 3.75. The average Bonchev–Trinajstić information content (AvgIpc) is 3.17. The SMILES string of the molecule is OCC[C@H]1CN(CC2=Cc3cc(Cl)ccc3OC2)CCN1Cc1ccsc1. The van der Waals surface area contributed by atoms with Crippen LogP contribution in [-0.2, 0) is 6.54 Å². The second-order valence-electron chi connectivity index (χ2n) is 7.28. The van der Waals surface area contributed by atoms with Crippen LogP contribution in [0.15, 0.2) is 40.6 Å². The molecule has 4 nitrogen and oxygen atoms in total. The lowest BCUT2D eigenvalue weighted by atomic mass is 10.0. The van der Waals surface area contributed by atoms with E-state index in [0.717, 1.165) is 55.5 Å². The van der Waals surface area contributed by atoms with Crippen molar-refractivity contribution in [2.24, 2.45) is 0 Å². The summed E-state index contributed by atoms with van der Waals surface area (Å²) in [4.78, 5) is 4.99. The summed E-state index contributed by atoms with van der Waals surface area (Å²) in [6.07, 6.45) is 3.03. The molecule has 0 bridgehead atoms. The number of thiophene rings is 1. The molecule has 27 heavy (non-hydrogen) atoms. The molecule has 1 atom stereocenters. The number of rotatable bonds is 6. The minimum atomic E-state index is 0.232. The zero-order valence-electron chi connectivity index (χ0n) is 15.3. The van der Waals surface area contributed by atoms with E-state index in [0.29, 0.717) is 12.6 Å². The molecule has 0 amide bonds. The van der Waals surface area contributed by atoms with E-state index >= 15 is 0 Å². The summed E-state index contributed by atoms with van der Waals surface area (Å²) in [6, 6.07) is 8.34. The number of hydrogen-bond acceptors (Lipinski definition) is 5. The molecule has 2 aliphatic rings. The van der Waals surface area contributed by atoms with E-state index < -0.39 is 0 Å². The van der Waals surface area contributed by atoms with Crippen LogP contribution in [0, 0.1) is 0 Å². The van der Waals surface area contributed by atoms with Crippen molar-refractivity contribution in [3.63, 3.8) is 0 Å². The lowest BCUT2D eigenvalue weighted by Gasteiger charge is -2.41. The number of piperazine rings is 1. The summed E-state index contributed by atoms with van der Waals surface area (Å²) in [5, 5.41) is 14.6. The van der Waals surface area contributed by atoms with Gasteiger partial charge in [0, 0.05) is 56.0 Å². The van der Waals surface area contributed by atoms with Crippen LogP contribution in [-0.4, -0.2) is 60.3 Å². The lowest BCUT2D eigenvalue weighted by molar-refractivity contribution is 0.0575. The molecule has 0 spiro atoms. The number of fused-ring (bicyclic) bond motifs is 1. The topological polar surface area (TPSA) is 35.9 Å². The summed E-state index contributed by atoms with van der Waals surface area (Å²) in [5.74, 6) is 0.905. The molecule has 0 radical (unpaired) electrons. The number of benzene rings is 1. The van der Waals surface area contributed by atoms with Crippen LogP contribution >= 0.6 is 22.9 Å². The van der Waals surface area contributed by atoms with E-state index in [-0.39, 0.29) is 6.61 Å². The van der Waals surface area contributed by atoms with E-state index in [4.69, 9.17) is 16.3 Å². The fourth-order valence-corrected chi connectivity index (χ4v) is 4.76. The first-order valence-electron chi connectivity index (χ1n) is 9.41. The summed E-state index contributed by atoms with van der Waals surface area (Å²) in [6.45, 7) is 5.78. The van der Waals surface area contributed by atoms with Crippen molar-refractivity contribution in [2.75, 3.05) is 39.4 Å². The maximum atomic E-state index is 9.52. The molecular formula is C21H25ClN2O2S. The molecule has 1 fully saturated rings. The summed E-state index contributed by atoms with van der Waals surface area (Å²) in [5.41, 5.74) is 3.71. The zero-order valence-corrected chi connectivity index (χ0v) is 16.9. The van der Waals surface area contributed by atoms with Gasteiger partial charge in [0.1, 0.15) is 12.4 Å². The third-order valence-electron chi connectivity index (χ3n) is 5.29. The van der Waals surface area contributed by atoms with E-state index in [1.54, 1.807) is 11.3 Å². The first-order chi connectivity index (χ1) is 13.2. The number of halogens is 1. The Kier molecular flexibility index (Phi) is 6.15. The molecule has 0 aliphatic carbocycles. The van der Waals surface area contributed by atoms with Gasteiger partial charge in [0.25, 0.3) is 0 Å². The minimum absolute atomic E-state index is 0.232. The molecule has 6 heteroatoms. The fraction of sp³-hybridized carbons (Fsp3) is 0.429. The van der Waals surface area contributed by atoms with Crippen molar-refractivity contribution in [1.82, 2.24) is 9.80 Å². The highest BCUT2D eigenvalue weighted by Gasteiger charge is 2.27. The molecule has 3 heterocycles. The molecule has 0 saturated carbocycles. The third kappa shape index (κ3) is 4.73. The minimum Gasteiger partial charge on any atom is -0.489 e. The maximum absolute atomic E-state index is 9.52. The van der Waals surface area contributed by atoms with E-state index in [1.165, 1.54) is 11.1 Å². The number of aliphatic hydroxyl groups is 1. The van der Waals surface area contributed by atoms with Gasteiger partial charge in [0.2, 0.25) is 0 Å². The quantitative estimate of drug-likeness (QED) is 0.795. The molecule has 0 unspecified atom stereocenters. The fourth-order valence-electron chi connectivity index (χ4n) is 3.92. The Morgan fingerprint density at radius 2 is 2.15 bits per heavy atom. The van der Waals surface area contributed by atoms with Gasteiger partial charge >= 0.3 is 0 Å². The number of nitrogens with zero attached hydrogens (tertiary/aromatic N) is 2. The van der Waals surface area contributed by atoms with Gasteiger partial charge in [-0.05, 0) is 58.7 Å². The average molecular weight is 405 g/mol. The second-order valence-corrected chi connectivity index (χ2v) is 8.49. The van der Waals surface area contributed by atoms with Crippen LogP contribution in [0.5, 0.6) is 5.75 Å². The molecule has 1 aromatic heterocycles. The van der Waals surface area contributed by atoms with E-state index in [2.05, 4.69) is 32.7 Å². The Morgan fingerprint density at radius 3 is 2.96 bits per heavy atom. The van der Waals surface area contributed by atoms with Gasteiger partial charge in [-0.2, -0.15) is 11.3 Å². The first-order valence-corrected chi connectivity index (χ1v) is 10.7. The van der Waals surface area contributed by atoms with Gasteiger partial charge in [0.15, 0.2) is 0 Å². The molecule has 2 aromatic rings. The van der Waals surface area contributed by atoms with Crippen LogP contribution in [0.3, 0.4) is 0 Å². The molecule has 2 aliphatic heterocycles. The Balaban J connectivity index is 1.40. The van der Waals surface area contributed by atoms with Crippen molar-refractivity contribution in [3.05, 3.63) is 56.7 Å². The standard InChI is InChI=1S/C21H25ClN2O2S/c22-19-1-2-21-18(10-19)9-17(14-26-21)11-23-5-6-24(20(13-23)3-7-25)12-16-4-8-27-15-16/h1-2,4,8-10,15,20,25H,3,5-7,11-14H2/t20-/m0/s1. The molecule has 1 N–H and O–H groups in total. The molecule has 1 saturated heterocycles. The van der Waals surface area contributed by atoms with Crippen LogP contribution in [0.25, 0.3) is 6.08 Å². The number of hydrogen-bond donors (Lipinski definition) is 1. The summed E-state index contributed by atoms with van der Waals surface area (Å²) < 4.78 is 5.90. The Hall–Kier alpha value is -1.37. The van der Waals surface area contributed by atoms with Gasteiger partial charge in [-0.15, -0.1) is 0 Å². The Morgan fingerprint density at radius 1 is 1.22 bits per heavy atom. The first kappa shape index (κ1) is 19.0. The molecular weight excluding hydrogens is 380 g/mol. The van der Waals surface area contributed by atoms with Gasteiger partial charge < -0.3 is 9.84 Å². The highest BCUT2D eigenvalue weighted by molar-refractivity contribution is 7.07. The predicted molar refractivity (Wildman–Crippen MR) is 112 cm³/mol. The molecule has 1 aromatic carbocycles. The maximum Gasteiger partial charge on any atom is 0.127 e. The van der Waals surface area contributed by atoms with Crippen molar-refractivity contribution in [3.8, 4) is 5.75 Å². The van der Waals surface area contributed by atoms with Crippen molar-refractivity contribution in [2.45, 2.75) is 19.0 Å². The Labute approximate surface area is 169 Å².